The number of rotatable bonds is 3. The first kappa shape index (κ1) is 17.3. The Hall–Kier alpha value is -2.50. The number of nitrogens with one attached hydrogen (secondary N) is 2. The minimum Gasteiger partial charge on any atom is -0.464 e. The molecule has 1 aliphatic rings. The van der Waals surface area contributed by atoms with Gasteiger partial charge < -0.3 is 19.9 Å². The van der Waals surface area contributed by atoms with Crippen LogP contribution < -0.4 is 10.2 Å². The molecule has 0 fully saturated rings. The predicted molar refractivity (Wildman–Crippen MR) is 97.6 cm³/mol. The molecule has 0 unspecified atom stereocenters. The Morgan fingerprint density at radius 2 is 2.16 bits per heavy atom. The van der Waals surface area contributed by atoms with E-state index in [1.807, 2.05) is 44.1 Å². The number of amides is 1. The zero-order valence-corrected chi connectivity index (χ0v) is 15.1. The summed E-state index contributed by atoms with van der Waals surface area (Å²) in [4.78, 5) is 29.5. The predicted octanol–water partition coefficient (Wildman–Crippen LogP) is 2.23. The highest BCUT2D eigenvalue weighted by Gasteiger charge is 2.32. The molecule has 0 saturated carbocycles. The molecule has 0 bridgehead atoms. The molecule has 2 aromatic rings. The van der Waals surface area contributed by atoms with E-state index in [0.29, 0.717) is 6.42 Å². The monoisotopic (exact) mass is 343 g/mol. The molecule has 2 N–H and O–H groups in total. The first-order chi connectivity index (χ1) is 11.9. The van der Waals surface area contributed by atoms with Gasteiger partial charge in [-0.2, -0.15) is 0 Å². The van der Waals surface area contributed by atoms with Crippen LogP contribution in [0.25, 0.3) is 10.9 Å². The highest BCUT2D eigenvalue weighted by Crippen LogP contribution is 2.33. The van der Waals surface area contributed by atoms with Gasteiger partial charge >= 0.3 is 5.97 Å². The lowest BCUT2D eigenvalue weighted by atomic mass is 10.0. The topological polar surface area (TPSA) is 74.4 Å². The molecule has 2 atom stereocenters. The third kappa shape index (κ3) is 3.34. The van der Waals surface area contributed by atoms with Crippen LogP contribution in [0.4, 0.5) is 5.69 Å². The van der Waals surface area contributed by atoms with Crippen molar-refractivity contribution >= 4 is 28.5 Å². The molecule has 0 aliphatic carbocycles. The van der Waals surface area contributed by atoms with Crippen LogP contribution in [0.15, 0.2) is 24.4 Å². The molecule has 2 heterocycles. The average molecular weight is 343 g/mol. The molecule has 6 heteroatoms. The number of esters is 1. The Bertz CT molecular complexity index is 796. The van der Waals surface area contributed by atoms with Gasteiger partial charge in [0.25, 0.3) is 0 Å². The number of carbonyl (C=O) groups excluding carboxylic acids is 2. The normalized spacial score (nSPS) is 20.8. The Balaban J connectivity index is 2.09. The first-order valence-corrected chi connectivity index (χ1v) is 8.64. The maximum Gasteiger partial charge on any atom is 0.302 e. The molecule has 0 radical (unpaired) electrons. The lowest BCUT2D eigenvalue weighted by molar-refractivity contribution is -0.142. The fourth-order valence-corrected chi connectivity index (χ4v) is 3.69. The number of benzene rings is 1. The number of anilines is 1. The number of nitrogens with zero attached hydrogens (tertiary/aromatic N) is 1. The van der Waals surface area contributed by atoms with Crippen LogP contribution in [0.2, 0.25) is 0 Å². The highest BCUT2D eigenvalue weighted by molar-refractivity contribution is 5.98. The largest absolute Gasteiger partial charge is 0.464 e. The summed E-state index contributed by atoms with van der Waals surface area (Å²) in [6.07, 6.45) is 2.58. The van der Waals surface area contributed by atoms with Crippen LogP contribution >= 0.6 is 0 Å². The second-order valence-corrected chi connectivity index (χ2v) is 7.03. The Morgan fingerprint density at radius 3 is 2.84 bits per heavy atom. The van der Waals surface area contributed by atoms with Crippen LogP contribution in [-0.4, -0.2) is 42.6 Å². The Kier molecular flexibility index (Phi) is 4.70. The van der Waals surface area contributed by atoms with E-state index in [9.17, 15) is 9.59 Å². The van der Waals surface area contributed by atoms with Crippen molar-refractivity contribution in [3.05, 3.63) is 30.0 Å². The van der Waals surface area contributed by atoms with E-state index in [-0.39, 0.29) is 36.5 Å². The SMILES string of the molecule is CC(=O)OC[C@@H]1Cc2c[nH]c3cccc(c23)N(C)[C@@H](C(C)C)C(=O)N1. The van der Waals surface area contributed by atoms with Crippen LogP contribution in [0.3, 0.4) is 0 Å². The first-order valence-electron chi connectivity index (χ1n) is 8.64. The van der Waals surface area contributed by atoms with Crippen molar-refractivity contribution in [2.24, 2.45) is 5.92 Å². The van der Waals surface area contributed by atoms with Gasteiger partial charge in [-0.3, -0.25) is 9.59 Å². The van der Waals surface area contributed by atoms with Crippen molar-refractivity contribution in [3.63, 3.8) is 0 Å². The zero-order chi connectivity index (χ0) is 18.1. The summed E-state index contributed by atoms with van der Waals surface area (Å²) in [5.74, 6) is -0.248. The van der Waals surface area contributed by atoms with Crippen molar-refractivity contribution in [3.8, 4) is 0 Å². The Labute approximate surface area is 147 Å². The fourth-order valence-electron chi connectivity index (χ4n) is 3.69. The molecule has 6 nitrogen and oxygen atoms in total. The van der Waals surface area contributed by atoms with Gasteiger partial charge in [0.05, 0.1) is 6.04 Å². The van der Waals surface area contributed by atoms with E-state index in [4.69, 9.17) is 4.74 Å². The van der Waals surface area contributed by atoms with Gasteiger partial charge in [0, 0.05) is 36.8 Å². The standard InChI is InChI=1S/C19H25N3O3/c1-11(2)18-19(24)21-14(10-25-12(3)23)8-13-9-20-15-6-5-7-16(17(13)15)22(18)4/h5-7,9,11,14,18,20H,8,10H2,1-4H3,(H,21,24)/t14-,18-/m0/s1. The molecule has 0 spiro atoms. The number of carbonyl (C=O) groups is 2. The highest BCUT2D eigenvalue weighted by atomic mass is 16.5. The number of hydrogen-bond acceptors (Lipinski definition) is 4. The van der Waals surface area contributed by atoms with Crippen molar-refractivity contribution in [1.29, 1.82) is 0 Å². The minimum atomic E-state index is -0.341. The molecule has 1 aliphatic heterocycles. The van der Waals surface area contributed by atoms with E-state index in [2.05, 4.69) is 16.4 Å². The maximum absolute atomic E-state index is 12.9. The second-order valence-electron chi connectivity index (χ2n) is 7.03. The minimum absolute atomic E-state index is 0.0409. The van der Waals surface area contributed by atoms with Crippen LogP contribution in [0, 0.1) is 5.92 Å². The molecule has 134 valence electrons. The quantitative estimate of drug-likeness (QED) is 0.838. The lowest BCUT2D eigenvalue weighted by Crippen LogP contribution is -2.52. The van der Waals surface area contributed by atoms with E-state index in [1.54, 1.807) is 0 Å². The summed E-state index contributed by atoms with van der Waals surface area (Å²) in [6.45, 7) is 5.63. The van der Waals surface area contributed by atoms with Gasteiger partial charge in [-0.1, -0.05) is 19.9 Å². The van der Waals surface area contributed by atoms with E-state index in [0.717, 1.165) is 22.2 Å². The third-order valence-electron chi connectivity index (χ3n) is 4.76. The molecule has 3 rings (SSSR count). The number of aromatic nitrogens is 1. The number of likely N-dealkylation sites (N-methyl/N-ethyl adjacent to an activating group) is 1. The summed E-state index contributed by atoms with van der Waals surface area (Å²) in [7, 11) is 1.96. The number of aromatic amines is 1. The number of hydrogen-bond donors (Lipinski definition) is 2. The van der Waals surface area contributed by atoms with Crippen molar-refractivity contribution in [2.45, 2.75) is 39.3 Å². The second kappa shape index (κ2) is 6.78. The summed E-state index contributed by atoms with van der Waals surface area (Å²) in [5.41, 5.74) is 3.19. The van der Waals surface area contributed by atoms with Crippen LogP contribution in [-0.2, 0) is 20.7 Å². The molecule has 25 heavy (non-hydrogen) atoms. The van der Waals surface area contributed by atoms with Gasteiger partial charge in [-0.15, -0.1) is 0 Å². The van der Waals surface area contributed by atoms with Gasteiger partial charge in [-0.25, -0.2) is 0 Å². The summed E-state index contributed by atoms with van der Waals surface area (Å²) >= 11 is 0. The Morgan fingerprint density at radius 1 is 1.40 bits per heavy atom. The zero-order valence-electron chi connectivity index (χ0n) is 15.1. The average Bonchev–Trinajstić information content (AvgIpc) is 2.95. The van der Waals surface area contributed by atoms with Gasteiger partial charge in [0.1, 0.15) is 12.6 Å². The van der Waals surface area contributed by atoms with Crippen molar-refractivity contribution < 1.29 is 14.3 Å². The number of H-pyrrole nitrogens is 1. The third-order valence-corrected chi connectivity index (χ3v) is 4.76. The summed E-state index contributed by atoms with van der Waals surface area (Å²) in [6, 6.07) is 5.53. The van der Waals surface area contributed by atoms with Crippen molar-refractivity contribution in [2.75, 3.05) is 18.6 Å². The molecule has 1 aromatic heterocycles. The maximum atomic E-state index is 12.9. The van der Waals surface area contributed by atoms with Gasteiger partial charge in [0.15, 0.2) is 0 Å². The van der Waals surface area contributed by atoms with E-state index in [1.165, 1.54) is 6.92 Å². The smallest absolute Gasteiger partial charge is 0.302 e. The molecular weight excluding hydrogens is 318 g/mol. The molecular formula is C19H25N3O3. The fraction of sp³-hybridized carbons (Fsp3) is 0.474. The van der Waals surface area contributed by atoms with Crippen LogP contribution in [0.1, 0.15) is 26.3 Å². The van der Waals surface area contributed by atoms with Crippen LogP contribution in [0.5, 0.6) is 0 Å². The van der Waals surface area contributed by atoms with Crippen molar-refractivity contribution in [1.82, 2.24) is 10.3 Å². The summed E-state index contributed by atoms with van der Waals surface area (Å²) in [5, 5.41) is 4.20. The lowest BCUT2D eigenvalue weighted by Gasteiger charge is -2.32. The summed E-state index contributed by atoms with van der Waals surface area (Å²) < 4.78 is 5.17. The molecule has 1 aromatic carbocycles. The van der Waals surface area contributed by atoms with E-state index < -0.39 is 0 Å². The number of ether oxygens (including phenoxy) is 1. The van der Waals surface area contributed by atoms with Gasteiger partial charge in [0.2, 0.25) is 5.91 Å². The van der Waals surface area contributed by atoms with E-state index >= 15 is 0 Å². The molecule has 0 saturated heterocycles. The molecule has 1 amide bonds. The van der Waals surface area contributed by atoms with Gasteiger partial charge in [-0.05, 0) is 30.0 Å².